The highest BCUT2D eigenvalue weighted by atomic mass is 16.5. The van der Waals surface area contributed by atoms with Gasteiger partial charge in [-0.2, -0.15) is 0 Å². The molecule has 118 valence electrons. The largest absolute Gasteiger partial charge is 0.457 e. The summed E-state index contributed by atoms with van der Waals surface area (Å²) in [5.41, 5.74) is 1.10. The molecule has 0 spiro atoms. The molecule has 0 saturated carbocycles. The Morgan fingerprint density at radius 1 is 1.05 bits per heavy atom. The molecular formula is C19H30O2. The molecule has 1 aromatic rings. The molecule has 1 rings (SSSR count). The number of hydrogen-bond acceptors (Lipinski definition) is 2. The van der Waals surface area contributed by atoms with Crippen molar-refractivity contribution in [3.8, 4) is 0 Å². The molecule has 2 heteroatoms. The van der Waals surface area contributed by atoms with Crippen LogP contribution in [0.1, 0.15) is 77.4 Å². The van der Waals surface area contributed by atoms with E-state index in [0.717, 1.165) is 37.2 Å². The lowest BCUT2D eigenvalue weighted by molar-refractivity contribution is -0.150. The first-order valence-corrected chi connectivity index (χ1v) is 8.38. The Kier molecular flexibility index (Phi) is 8.80. The lowest BCUT2D eigenvalue weighted by Crippen LogP contribution is -2.11. The van der Waals surface area contributed by atoms with E-state index in [-0.39, 0.29) is 12.1 Å². The first-order chi connectivity index (χ1) is 10.1. The standard InChI is InChI=1S/C19H30O2/c1-4-11-18(17-13-8-6-9-14-17)21-19(20)15-10-5-7-12-16(2)3/h6,8-9,13-14,16,18H,4-5,7,10-12,15H2,1-3H3. The van der Waals surface area contributed by atoms with E-state index in [0.29, 0.717) is 6.42 Å². The van der Waals surface area contributed by atoms with Gasteiger partial charge in [0.1, 0.15) is 6.10 Å². The van der Waals surface area contributed by atoms with Crippen molar-refractivity contribution in [1.82, 2.24) is 0 Å². The molecule has 0 aliphatic heterocycles. The van der Waals surface area contributed by atoms with Gasteiger partial charge in [-0.25, -0.2) is 0 Å². The Bertz CT molecular complexity index is 384. The minimum Gasteiger partial charge on any atom is -0.457 e. The molecular weight excluding hydrogens is 260 g/mol. The van der Waals surface area contributed by atoms with Crippen LogP contribution in [0.15, 0.2) is 30.3 Å². The Labute approximate surface area is 129 Å². The summed E-state index contributed by atoms with van der Waals surface area (Å²) >= 11 is 0. The first kappa shape index (κ1) is 17.7. The van der Waals surface area contributed by atoms with Gasteiger partial charge >= 0.3 is 5.97 Å². The molecule has 0 aliphatic carbocycles. The van der Waals surface area contributed by atoms with Crippen LogP contribution in [0.25, 0.3) is 0 Å². The van der Waals surface area contributed by atoms with Crippen LogP contribution in [-0.4, -0.2) is 5.97 Å². The Morgan fingerprint density at radius 2 is 1.76 bits per heavy atom. The van der Waals surface area contributed by atoms with Crippen molar-refractivity contribution in [2.75, 3.05) is 0 Å². The van der Waals surface area contributed by atoms with E-state index in [1.165, 1.54) is 12.8 Å². The summed E-state index contributed by atoms with van der Waals surface area (Å²) in [5, 5.41) is 0. The molecule has 2 nitrogen and oxygen atoms in total. The van der Waals surface area contributed by atoms with E-state index in [1.807, 2.05) is 30.3 Å². The normalized spacial score (nSPS) is 12.4. The molecule has 1 unspecified atom stereocenters. The zero-order valence-corrected chi connectivity index (χ0v) is 13.8. The van der Waals surface area contributed by atoms with Gasteiger partial charge in [0.25, 0.3) is 0 Å². The van der Waals surface area contributed by atoms with E-state index < -0.39 is 0 Å². The van der Waals surface area contributed by atoms with E-state index in [9.17, 15) is 4.79 Å². The zero-order chi connectivity index (χ0) is 15.5. The highest BCUT2D eigenvalue weighted by Gasteiger charge is 2.15. The van der Waals surface area contributed by atoms with Crippen molar-refractivity contribution >= 4 is 5.97 Å². The number of ether oxygens (including phenoxy) is 1. The van der Waals surface area contributed by atoms with Crippen LogP contribution in [0, 0.1) is 5.92 Å². The lowest BCUT2D eigenvalue weighted by atomic mass is 10.0. The van der Waals surface area contributed by atoms with Gasteiger partial charge in [0, 0.05) is 6.42 Å². The number of hydrogen-bond donors (Lipinski definition) is 0. The molecule has 1 atom stereocenters. The Hall–Kier alpha value is -1.31. The molecule has 0 radical (unpaired) electrons. The third-order valence-corrected chi connectivity index (χ3v) is 3.66. The van der Waals surface area contributed by atoms with Crippen molar-refractivity contribution in [1.29, 1.82) is 0 Å². The molecule has 0 heterocycles. The Morgan fingerprint density at radius 3 is 2.38 bits per heavy atom. The molecule has 0 bridgehead atoms. The summed E-state index contributed by atoms with van der Waals surface area (Å²) in [4.78, 5) is 12.0. The molecule has 0 fully saturated rings. The molecule has 0 amide bonds. The van der Waals surface area contributed by atoms with E-state index >= 15 is 0 Å². The van der Waals surface area contributed by atoms with Gasteiger partial charge in [-0.15, -0.1) is 0 Å². The third kappa shape index (κ3) is 7.89. The van der Waals surface area contributed by atoms with Crippen molar-refractivity contribution in [3.63, 3.8) is 0 Å². The molecule has 0 aromatic heterocycles. The van der Waals surface area contributed by atoms with E-state index in [4.69, 9.17) is 4.74 Å². The van der Waals surface area contributed by atoms with Crippen molar-refractivity contribution < 1.29 is 9.53 Å². The molecule has 21 heavy (non-hydrogen) atoms. The maximum absolute atomic E-state index is 12.0. The minimum atomic E-state index is -0.0839. The van der Waals surface area contributed by atoms with Gasteiger partial charge in [0.15, 0.2) is 0 Å². The Balaban J connectivity index is 2.33. The number of carbonyl (C=O) groups is 1. The van der Waals surface area contributed by atoms with Gasteiger partial charge in [-0.3, -0.25) is 4.79 Å². The van der Waals surface area contributed by atoms with Crippen LogP contribution in [0.3, 0.4) is 0 Å². The van der Waals surface area contributed by atoms with E-state index in [2.05, 4.69) is 20.8 Å². The highest BCUT2D eigenvalue weighted by molar-refractivity contribution is 5.69. The van der Waals surface area contributed by atoms with Gasteiger partial charge < -0.3 is 4.74 Å². The van der Waals surface area contributed by atoms with Crippen LogP contribution < -0.4 is 0 Å². The minimum absolute atomic E-state index is 0.0538. The molecule has 0 aliphatic rings. The summed E-state index contributed by atoms with van der Waals surface area (Å²) in [7, 11) is 0. The highest BCUT2D eigenvalue weighted by Crippen LogP contribution is 2.23. The van der Waals surface area contributed by atoms with Gasteiger partial charge in [-0.05, 0) is 24.3 Å². The quantitative estimate of drug-likeness (QED) is 0.409. The number of rotatable bonds is 10. The summed E-state index contributed by atoms with van der Waals surface area (Å²) in [6.07, 6.45) is 6.89. The topological polar surface area (TPSA) is 26.3 Å². The monoisotopic (exact) mass is 290 g/mol. The molecule has 0 N–H and O–H groups in total. The van der Waals surface area contributed by atoms with Gasteiger partial charge in [0.05, 0.1) is 0 Å². The molecule has 0 saturated heterocycles. The molecule has 1 aromatic carbocycles. The number of carbonyl (C=O) groups excluding carboxylic acids is 1. The van der Waals surface area contributed by atoms with Crippen LogP contribution in [-0.2, 0) is 9.53 Å². The smallest absolute Gasteiger partial charge is 0.306 e. The van der Waals surface area contributed by atoms with Crippen molar-refractivity contribution in [2.24, 2.45) is 5.92 Å². The van der Waals surface area contributed by atoms with Crippen molar-refractivity contribution in [2.45, 2.75) is 71.8 Å². The predicted octanol–water partition coefficient (Wildman–Crippen LogP) is 5.68. The van der Waals surface area contributed by atoms with Gasteiger partial charge in [-0.1, -0.05) is 76.8 Å². The first-order valence-electron chi connectivity index (χ1n) is 8.38. The zero-order valence-electron chi connectivity index (χ0n) is 13.8. The second-order valence-corrected chi connectivity index (χ2v) is 6.17. The van der Waals surface area contributed by atoms with Crippen LogP contribution in [0.4, 0.5) is 0 Å². The predicted molar refractivity (Wildman–Crippen MR) is 88.1 cm³/mol. The van der Waals surface area contributed by atoms with Crippen LogP contribution in [0.2, 0.25) is 0 Å². The summed E-state index contributed by atoms with van der Waals surface area (Å²) in [6.45, 7) is 6.60. The van der Waals surface area contributed by atoms with Crippen LogP contribution in [0.5, 0.6) is 0 Å². The van der Waals surface area contributed by atoms with Crippen molar-refractivity contribution in [3.05, 3.63) is 35.9 Å². The second-order valence-electron chi connectivity index (χ2n) is 6.17. The number of unbranched alkanes of at least 4 members (excludes halogenated alkanes) is 2. The van der Waals surface area contributed by atoms with E-state index in [1.54, 1.807) is 0 Å². The fourth-order valence-corrected chi connectivity index (χ4v) is 2.44. The summed E-state index contributed by atoms with van der Waals surface area (Å²) in [6, 6.07) is 10.1. The summed E-state index contributed by atoms with van der Waals surface area (Å²) < 4.78 is 5.67. The third-order valence-electron chi connectivity index (χ3n) is 3.66. The number of esters is 1. The second kappa shape index (κ2) is 10.4. The fraction of sp³-hybridized carbons (Fsp3) is 0.632. The summed E-state index contributed by atoms with van der Waals surface area (Å²) in [5.74, 6) is 0.700. The average molecular weight is 290 g/mol. The fourth-order valence-electron chi connectivity index (χ4n) is 2.44. The maximum atomic E-state index is 12.0. The van der Waals surface area contributed by atoms with Crippen LogP contribution >= 0.6 is 0 Å². The average Bonchev–Trinajstić information content (AvgIpc) is 2.47. The SMILES string of the molecule is CCCC(OC(=O)CCCCCC(C)C)c1ccccc1. The maximum Gasteiger partial charge on any atom is 0.306 e. The van der Waals surface area contributed by atoms with Gasteiger partial charge in [0.2, 0.25) is 0 Å². The lowest BCUT2D eigenvalue weighted by Gasteiger charge is -2.17. The number of benzene rings is 1.